The molecule has 1 atom stereocenters. The van der Waals surface area contributed by atoms with Crippen LogP contribution >= 0.6 is 0 Å². The Morgan fingerprint density at radius 3 is 2.83 bits per heavy atom. The highest BCUT2D eigenvalue weighted by Gasteiger charge is 2.26. The maximum Gasteiger partial charge on any atom is 0.219 e. The Hall–Kier alpha value is -0.860. The molecule has 0 saturated carbocycles. The molecule has 0 radical (unpaired) electrons. The van der Waals surface area contributed by atoms with Crippen molar-refractivity contribution >= 4 is 11.7 Å². The summed E-state index contributed by atoms with van der Waals surface area (Å²) in [6.45, 7) is 4.80. The van der Waals surface area contributed by atoms with Crippen molar-refractivity contribution < 1.29 is 9.59 Å². The van der Waals surface area contributed by atoms with E-state index in [4.69, 9.17) is 0 Å². The Bertz CT molecular complexity index is 201. The third-order valence-electron chi connectivity index (χ3n) is 2.46. The van der Waals surface area contributed by atoms with E-state index in [9.17, 15) is 9.59 Å². The summed E-state index contributed by atoms with van der Waals surface area (Å²) in [6.07, 6.45) is 1.39. The number of amides is 1. The molecule has 0 aromatic carbocycles. The van der Waals surface area contributed by atoms with Crippen molar-refractivity contribution in [2.45, 2.75) is 26.7 Å². The second-order valence-electron chi connectivity index (χ2n) is 3.29. The number of hydrogen-bond acceptors (Lipinski definition) is 2. The third-order valence-corrected chi connectivity index (χ3v) is 2.46. The zero-order valence-corrected chi connectivity index (χ0v) is 7.67. The van der Waals surface area contributed by atoms with Gasteiger partial charge in [0.15, 0.2) is 0 Å². The fourth-order valence-electron chi connectivity index (χ4n) is 1.55. The summed E-state index contributed by atoms with van der Waals surface area (Å²) in [5.74, 6) is 0.485. The zero-order valence-electron chi connectivity index (χ0n) is 7.67. The van der Waals surface area contributed by atoms with Gasteiger partial charge in [-0.2, -0.15) is 0 Å². The van der Waals surface area contributed by atoms with Crippen LogP contribution in [0.4, 0.5) is 0 Å². The fourth-order valence-corrected chi connectivity index (χ4v) is 1.55. The van der Waals surface area contributed by atoms with Gasteiger partial charge >= 0.3 is 0 Å². The van der Waals surface area contributed by atoms with E-state index in [1.165, 1.54) is 0 Å². The van der Waals surface area contributed by atoms with Crippen molar-refractivity contribution in [2.75, 3.05) is 13.1 Å². The molecule has 0 aliphatic carbocycles. The summed E-state index contributed by atoms with van der Waals surface area (Å²) in [4.78, 5) is 24.0. The summed E-state index contributed by atoms with van der Waals surface area (Å²) < 4.78 is 0. The molecule has 0 aromatic heterocycles. The number of Topliss-reactive ketones (excluding diaryl/α,β-unsaturated/α-hetero) is 1. The van der Waals surface area contributed by atoms with Crippen LogP contribution in [-0.4, -0.2) is 29.7 Å². The molecule has 0 bridgehead atoms. The van der Waals surface area contributed by atoms with E-state index in [1.807, 2.05) is 6.92 Å². The number of piperidine rings is 1. The number of rotatable bonds is 1. The number of likely N-dealkylation sites (tertiary alicyclic amines) is 1. The molecule has 1 fully saturated rings. The van der Waals surface area contributed by atoms with Gasteiger partial charge in [-0.1, -0.05) is 6.92 Å². The first-order valence-electron chi connectivity index (χ1n) is 4.43. The highest BCUT2D eigenvalue weighted by molar-refractivity contribution is 5.84. The van der Waals surface area contributed by atoms with Crippen LogP contribution in [0, 0.1) is 5.92 Å². The van der Waals surface area contributed by atoms with Crippen LogP contribution in [0.3, 0.4) is 0 Å². The van der Waals surface area contributed by atoms with E-state index >= 15 is 0 Å². The van der Waals surface area contributed by atoms with Crippen molar-refractivity contribution in [3.05, 3.63) is 0 Å². The molecule has 1 aliphatic rings. The lowest BCUT2D eigenvalue weighted by Crippen LogP contribution is -2.42. The quantitative estimate of drug-likeness (QED) is 0.583. The monoisotopic (exact) mass is 169 g/mol. The van der Waals surface area contributed by atoms with Crippen molar-refractivity contribution in [1.29, 1.82) is 0 Å². The van der Waals surface area contributed by atoms with Crippen LogP contribution in [-0.2, 0) is 9.59 Å². The van der Waals surface area contributed by atoms with E-state index in [1.54, 1.807) is 11.8 Å². The molecule has 1 heterocycles. The van der Waals surface area contributed by atoms with Crippen molar-refractivity contribution in [1.82, 2.24) is 4.90 Å². The van der Waals surface area contributed by atoms with Gasteiger partial charge in [0.2, 0.25) is 5.91 Å². The molecular formula is C9H15NO2. The molecule has 0 aromatic rings. The molecule has 0 N–H and O–H groups in total. The van der Waals surface area contributed by atoms with Crippen LogP contribution in [0.25, 0.3) is 0 Å². The Balaban J connectivity index is 2.55. The molecular weight excluding hydrogens is 154 g/mol. The van der Waals surface area contributed by atoms with Crippen molar-refractivity contribution in [3.63, 3.8) is 0 Å². The Morgan fingerprint density at radius 1 is 1.67 bits per heavy atom. The van der Waals surface area contributed by atoms with Gasteiger partial charge < -0.3 is 4.90 Å². The minimum absolute atomic E-state index is 0.0842. The number of carbonyl (C=O) groups excluding carboxylic acids is 2. The number of carbonyl (C=O) groups is 2. The van der Waals surface area contributed by atoms with Crippen LogP contribution in [0.1, 0.15) is 26.7 Å². The number of hydrogen-bond donors (Lipinski definition) is 0. The van der Waals surface area contributed by atoms with Gasteiger partial charge in [-0.15, -0.1) is 0 Å². The van der Waals surface area contributed by atoms with E-state index < -0.39 is 0 Å². The van der Waals surface area contributed by atoms with Crippen LogP contribution < -0.4 is 0 Å². The lowest BCUT2D eigenvalue weighted by molar-refractivity contribution is -0.135. The standard InChI is InChI=1S/C9H15NO2/c1-3-8-6-10(7(2)11)5-4-9(8)12/h8H,3-6H2,1-2H3. The predicted octanol–water partition coefficient (Wildman–Crippen LogP) is 0.834. The maximum absolute atomic E-state index is 11.3. The van der Waals surface area contributed by atoms with Gasteiger partial charge in [-0.25, -0.2) is 0 Å². The second-order valence-corrected chi connectivity index (χ2v) is 3.29. The normalized spacial score (nSPS) is 24.3. The zero-order chi connectivity index (χ0) is 9.14. The Kier molecular flexibility index (Phi) is 2.84. The summed E-state index contributed by atoms with van der Waals surface area (Å²) in [5.41, 5.74) is 0. The molecule has 12 heavy (non-hydrogen) atoms. The molecule has 1 unspecified atom stereocenters. The minimum Gasteiger partial charge on any atom is -0.342 e. The summed E-state index contributed by atoms with van der Waals surface area (Å²) in [6, 6.07) is 0. The van der Waals surface area contributed by atoms with Crippen LogP contribution in [0.15, 0.2) is 0 Å². The molecule has 1 rings (SSSR count). The van der Waals surface area contributed by atoms with E-state index in [-0.39, 0.29) is 11.8 Å². The lowest BCUT2D eigenvalue weighted by atomic mass is 9.94. The molecule has 1 amide bonds. The Morgan fingerprint density at radius 2 is 2.33 bits per heavy atom. The van der Waals surface area contributed by atoms with Crippen LogP contribution in [0.2, 0.25) is 0 Å². The summed E-state index contributed by atoms with van der Waals surface area (Å²) in [5, 5.41) is 0. The Labute approximate surface area is 72.7 Å². The smallest absolute Gasteiger partial charge is 0.219 e. The summed E-state index contributed by atoms with van der Waals surface area (Å²) in [7, 11) is 0. The first-order chi connectivity index (χ1) is 5.65. The first-order valence-corrected chi connectivity index (χ1v) is 4.43. The highest BCUT2D eigenvalue weighted by Crippen LogP contribution is 2.15. The first kappa shape index (κ1) is 9.23. The molecule has 1 aliphatic heterocycles. The minimum atomic E-state index is 0.0842. The molecule has 1 saturated heterocycles. The van der Waals surface area contributed by atoms with Gasteiger partial charge in [-0.05, 0) is 6.42 Å². The third kappa shape index (κ3) is 1.84. The van der Waals surface area contributed by atoms with Gasteiger partial charge in [-0.3, -0.25) is 9.59 Å². The number of nitrogens with zero attached hydrogens (tertiary/aromatic N) is 1. The lowest BCUT2D eigenvalue weighted by Gasteiger charge is -2.30. The van der Waals surface area contributed by atoms with Gasteiger partial charge in [0.05, 0.1) is 0 Å². The van der Waals surface area contributed by atoms with Gasteiger partial charge in [0, 0.05) is 32.4 Å². The van der Waals surface area contributed by atoms with Crippen molar-refractivity contribution in [2.24, 2.45) is 5.92 Å². The van der Waals surface area contributed by atoms with E-state index in [0.717, 1.165) is 6.42 Å². The van der Waals surface area contributed by atoms with Gasteiger partial charge in [0.1, 0.15) is 5.78 Å². The average Bonchev–Trinajstić information content (AvgIpc) is 2.05. The van der Waals surface area contributed by atoms with Gasteiger partial charge in [0.25, 0.3) is 0 Å². The van der Waals surface area contributed by atoms with E-state index in [2.05, 4.69) is 0 Å². The van der Waals surface area contributed by atoms with Crippen molar-refractivity contribution in [3.8, 4) is 0 Å². The molecule has 3 nitrogen and oxygen atoms in total. The molecule has 68 valence electrons. The molecule has 0 spiro atoms. The SMILES string of the molecule is CCC1CN(C(C)=O)CCC1=O. The largest absolute Gasteiger partial charge is 0.342 e. The number of ketones is 1. The topological polar surface area (TPSA) is 37.4 Å². The van der Waals surface area contributed by atoms with E-state index in [0.29, 0.717) is 25.3 Å². The highest BCUT2D eigenvalue weighted by atomic mass is 16.2. The maximum atomic E-state index is 11.3. The average molecular weight is 169 g/mol. The predicted molar refractivity (Wildman–Crippen MR) is 45.7 cm³/mol. The second kappa shape index (κ2) is 3.70. The fraction of sp³-hybridized carbons (Fsp3) is 0.778. The summed E-state index contributed by atoms with van der Waals surface area (Å²) >= 11 is 0. The van der Waals surface area contributed by atoms with Crippen LogP contribution in [0.5, 0.6) is 0 Å². The molecule has 3 heteroatoms.